The van der Waals surface area contributed by atoms with Crippen molar-refractivity contribution in [3.63, 3.8) is 0 Å². The zero-order valence-electron chi connectivity index (χ0n) is 13.5. The molecule has 1 unspecified atom stereocenters. The lowest BCUT2D eigenvalue weighted by atomic mass is 10.1. The van der Waals surface area contributed by atoms with Crippen LogP contribution in [0.2, 0.25) is 0 Å². The molecule has 0 bridgehead atoms. The number of nitrogens with zero attached hydrogens (tertiary/aromatic N) is 1. The molecular formula is C17H28N2O2. The van der Waals surface area contributed by atoms with Crippen LogP contribution in [-0.2, 0) is 11.2 Å². The average Bonchev–Trinajstić information content (AvgIpc) is 2.47. The maximum absolute atomic E-state index is 6.01. The third kappa shape index (κ3) is 4.70. The average molecular weight is 292 g/mol. The number of morpholine rings is 1. The minimum Gasteiger partial charge on any atom is -0.491 e. The lowest BCUT2D eigenvalue weighted by Gasteiger charge is -2.35. The Morgan fingerprint density at radius 2 is 2.24 bits per heavy atom. The van der Waals surface area contributed by atoms with Crippen molar-refractivity contribution < 1.29 is 9.47 Å². The van der Waals surface area contributed by atoms with Crippen molar-refractivity contribution in [3.05, 3.63) is 29.3 Å². The van der Waals surface area contributed by atoms with Gasteiger partial charge in [0, 0.05) is 19.1 Å². The molecule has 1 heterocycles. The van der Waals surface area contributed by atoms with E-state index in [0.717, 1.165) is 31.9 Å². The summed E-state index contributed by atoms with van der Waals surface area (Å²) in [7, 11) is 0. The Labute approximate surface area is 128 Å². The van der Waals surface area contributed by atoms with Crippen molar-refractivity contribution in [2.24, 2.45) is 5.73 Å². The SMILES string of the molecule is Cc1ccc(OCC2CN(C(C)C)CCO2)c(CCN)c1. The Morgan fingerprint density at radius 1 is 1.43 bits per heavy atom. The molecular weight excluding hydrogens is 264 g/mol. The maximum Gasteiger partial charge on any atom is 0.122 e. The molecule has 0 spiro atoms. The summed E-state index contributed by atoms with van der Waals surface area (Å²) in [6.45, 7) is 10.5. The molecule has 0 aromatic heterocycles. The van der Waals surface area contributed by atoms with Crippen molar-refractivity contribution >= 4 is 0 Å². The molecule has 4 nitrogen and oxygen atoms in total. The molecule has 0 amide bonds. The van der Waals surface area contributed by atoms with Gasteiger partial charge in [0.2, 0.25) is 0 Å². The third-order valence-electron chi connectivity index (χ3n) is 3.95. The molecule has 1 saturated heterocycles. The lowest BCUT2D eigenvalue weighted by Crippen LogP contribution is -2.47. The zero-order chi connectivity index (χ0) is 15.2. The van der Waals surface area contributed by atoms with Crippen LogP contribution in [0.1, 0.15) is 25.0 Å². The summed E-state index contributed by atoms with van der Waals surface area (Å²) >= 11 is 0. The molecule has 118 valence electrons. The number of rotatable bonds is 6. The molecule has 2 rings (SSSR count). The van der Waals surface area contributed by atoms with Crippen LogP contribution in [0, 0.1) is 6.92 Å². The van der Waals surface area contributed by atoms with Crippen molar-refractivity contribution in [2.45, 2.75) is 39.3 Å². The van der Waals surface area contributed by atoms with Gasteiger partial charge in [-0.05, 0) is 45.4 Å². The van der Waals surface area contributed by atoms with Gasteiger partial charge in [0.1, 0.15) is 18.5 Å². The second-order valence-corrected chi connectivity index (χ2v) is 6.04. The van der Waals surface area contributed by atoms with Gasteiger partial charge in [-0.25, -0.2) is 0 Å². The molecule has 0 aliphatic carbocycles. The highest BCUT2D eigenvalue weighted by atomic mass is 16.5. The molecule has 0 radical (unpaired) electrons. The van der Waals surface area contributed by atoms with Crippen LogP contribution in [0.4, 0.5) is 0 Å². The molecule has 1 aromatic carbocycles. The fraction of sp³-hybridized carbons (Fsp3) is 0.647. The van der Waals surface area contributed by atoms with E-state index in [9.17, 15) is 0 Å². The van der Waals surface area contributed by atoms with Gasteiger partial charge in [0.05, 0.1) is 6.61 Å². The predicted molar refractivity (Wildman–Crippen MR) is 85.9 cm³/mol. The smallest absolute Gasteiger partial charge is 0.122 e. The highest BCUT2D eigenvalue weighted by Gasteiger charge is 2.22. The Kier molecular flexibility index (Phi) is 6.03. The topological polar surface area (TPSA) is 47.7 Å². The van der Waals surface area contributed by atoms with Gasteiger partial charge in [0.25, 0.3) is 0 Å². The quantitative estimate of drug-likeness (QED) is 0.871. The van der Waals surface area contributed by atoms with Crippen LogP contribution in [-0.4, -0.2) is 49.9 Å². The Balaban J connectivity index is 1.93. The summed E-state index contributed by atoms with van der Waals surface area (Å²) in [6.07, 6.45) is 0.994. The van der Waals surface area contributed by atoms with Crippen molar-refractivity contribution in [3.8, 4) is 5.75 Å². The normalized spacial score (nSPS) is 20.0. The molecule has 0 saturated carbocycles. The van der Waals surface area contributed by atoms with Crippen molar-refractivity contribution in [1.82, 2.24) is 4.90 Å². The fourth-order valence-electron chi connectivity index (χ4n) is 2.69. The van der Waals surface area contributed by atoms with Crippen LogP contribution >= 0.6 is 0 Å². The Morgan fingerprint density at radius 3 is 2.95 bits per heavy atom. The van der Waals surface area contributed by atoms with E-state index >= 15 is 0 Å². The highest BCUT2D eigenvalue weighted by Crippen LogP contribution is 2.21. The molecule has 21 heavy (non-hydrogen) atoms. The van der Waals surface area contributed by atoms with Crippen LogP contribution in [0.25, 0.3) is 0 Å². The molecule has 1 aliphatic heterocycles. The first-order valence-electron chi connectivity index (χ1n) is 7.88. The van der Waals surface area contributed by atoms with Gasteiger partial charge in [-0.15, -0.1) is 0 Å². The minimum absolute atomic E-state index is 0.146. The Hall–Kier alpha value is -1.10. The van der Waals surface area contributed by atoms with Gasteiger partial charge in [-0.2, -0.15) is 0 Å². The molecule has 4 heteroatoms. The second kappa shape index (κ2) is 7.78. The van der Waals surface area contributed by atoms with Gasteiger partial charge >= 0.3 is 0 Å². The van der Waals surface area contributed by atoms with E-state index in [1.165, 1.54) is 11.1 Å². The van der Waals surface area contributed by atoms with E-state index < -0.39 is 0 Å². The lowest BCUT2D eigenvalue weighted by molar-refractivity contribution is -0.0565. The van der Waals surface area contributed by atoms with E-state index in [4.69, 9.17) is 15.2 Å². The number of hydrogen-bond donors (Lipinski definition) is 1. The first-order valence-corrected chi connectivity index (χ1v) is 7.88. The van der Waals surface area contributed by atoms with E-state index in [1.807, 2.05) is 6.07 Å². The predicted octanol–water partition coefficient (Wildman–Crippen LogP) is 1.98. The standard InChI is InChI=1S/C17H28N2O2/c1-13(2)19-8-9-20-16(11-19)12-21-17-5-4-14(3)10-15(17)6-7-18/h4-5,10,13,16H,6-9,11-12,18H2,1-3H3. The largest absolute Gasteiger partial charge is 0.491 e. The summed E-state index contributed by atoms with van der Waals surface area (Å²) < 4.78 is 11.8. The second-order valence-electron chi connectivity index (χ2n) is 6.04. The monoisotopic (exact) mass is 292 g/mol. The summed E-state index contributed by atoms with van der Waals surface area (Å²) in [4.78, 5) is 2.44. The summed E-state index contributed by atoms with van der Waals surface area (Å²) in [5, 5.41) is 0. The van der Waals surface area contributed by atoms with Crippen molar-refractivity contribution in [1.29, 1.82) is 0 Å². The first kappa shape index (κ1) is 16.3. The maximum atomic E-state index is 6.01. The minimum atomic E-state index is 0.146. The van der Waals surface area contributed by atoms with Gasteiger partial charge in [0.15, 0.2) is 0 Å². The molecule has 1 atom stereocenters. The molecule has 1 aromatic rings. The van der Waals surface area contributed by atoms with Crippen LogP contribution in [0.5, 0.6) is 5.75 Å². The van der Waals surface area contributed by atoms with Gasteiger partial charge in [-0.3, -0.25) is 4.90 Å². The number of benzene rings is 1. The van der Waals surface area contributed by atoms with E-state index in [0.29, 0.717) is 19.2 Å². The van der Waals surface area contributed by atoms with Crippen LogP contribution in [0.15, 0.2) is 18.2 Å². The van der Waals surface area contributed by atoms with E-state index in [-0.39, 0.29) is 6.10 Å². The highest BCUT2D eigenvalue weighted by molar-refractivity contribution is 5.37. The molecule has 1 aliphatic rings. The number of aryl methyl sites for hydroxylation is 1. The molecule has 1 fully saturated rings. The fourth-order valence-corrected chi connectivity index (χ4v) is 2.69. The summed E-state index contributed by atoms with van der Waals surface area (Å²) in [6, 6.07) is 6.84. The number of hydrogen-bond acceptors (Lipinski definition) is 4. The number of ether oxygens (including phenoxy) is 2. The summed E-state index contributed by atoms with van der Waals surface area (Å²) in [5.41, 5.74) is 8.11. The van der Waals surface area contributed by atoms with E-state index in [1.54, 1.807) is 0 Å². The third-order valence-corrected chi connectivity index (χ3v) is 3.95. The van der Waals surface area contributed by atoms with Crippen LogP contribution in [0.3, 0.4) is 0 Å². The van der Waals surface area contributed by atoms with Crippen LogP contribution < -0.4 is 10.5 Å². The number of nitrogens with two attached hydrogens (primary N) is 1. The van der Waals surface area contributed by atoms with E-state index in [2.05, 4.69) is 37.8 Å². The van der Waals surface area contributed by atoms with Gasteiger partial charge < -0.3 is 15.2 Å². The molecule has 2 N–H and O–H groups in total. The summed E-state index contributed by atoms with van der Waals surface area (Å²) in [5.74, 6) is 0.941. The Bertz CT molecular complexity index is 448. The zero-order valence-corrected chi connectivity index (χ0v) is 13.5. The van der Waals surface area contributed by atoms with Crippen molar-refractivity contribution in [2.75, 3.05) is 32.8 Å². The van der Waals surface area contributed by atoms with Gasteiger partial charge in [-0.1, -0.05) is 17.7 Å². The first-order chi connectivity index (χ1) is 10.1.